The standard InChI is InChI=1S/C23H31ClN4O/c24-20-5-3-7-22(16-20)28-13-11-26(12-14-28)9-4-10-27-17-19(23(29)18-27)15-21-6-1-2-8-25-21/h1-3,5-8,16,19,23,29H,4,9-15,17-18H2/t19-,23-/m1/s1. The van der Waals surface area contributed by atoms with E-state index in [-0.39, 0.29) is 6.10 Å². The number of aliphatic hydroxyl groups is 1. The second-order valence-corrected chi connectivity index (χ2v) is 8.71. The summed E-state index contributed by atoms with van der Waals surface area (Å²) in [4.78, 5) is 11.8. The molecule has 2 saturated heterocycles. The first-order chi connectivity index (χ1) is 14.2. The molecule has 4 rings (SSSR count). The summed E-state index contributed by atoms with van der Waals surface area (Å²) in [6.45, 7) is 8.24. The summed E-state index contributed by atoms with van der Waals surface area (Å²) in [7, 11) is 0. The van der Waals surface area contributed by atoms with Gasteiger partial charge in [-0.05, 0) is 56.3 Å². The monoisotopic (exact) mass is 414 g/mol. The molecule has 2 atom stereocenters. The lowest BCUT2D eigenvalue weighted by atomic mass is 10.00. The lowest BCUT2D eigenvalue weighted by Crippen LogP contribution is -2.47. The number of pyridine rings is 1. The van der Waals surface area contributed by atoms with Gasteiger partial charge in [-0.25, -0.2) is 0 Å². The first-order valence-corrected chi connectivity index (χ1v) is 11.1. The largest absolute Gasteiger partial charge is 0.391 e. The van der Waals surface area contributed by atoms with E-state index in [4.69, 9.17) is 11.6 Å². The Bertz CT molecular complexity index is 766. The highest BCUT2D eigenvalue weighted by Gasteiger charge is 2.31. The molecular formula is C23H31ClN4O. The number of nitrogens with zero attached hydrogens (tertiary/aromatic N) is 4. The lowest BCUT2D eigenvalue weighted by molar-refractivity contribution is 0.140. The van der Waals surface area contributed by atoms with Crippen LogP contribution in [-0.4, -0.2) is 78.4 Å². The Kier molecular flexibility index (Phi) is 7.03. The average Bonchev–Trinajstić information content (AvgIpc) is 3.08. The van der Waals surface area contributed by atoms with Gasteiger partial charge in [0.15, 0.2) is 0 Å². The molecule has 0 spiro atoms. The van der Waals surface area contributed by atoms with E-state index in [1.165, 1.54) is 5.69 Å². The average molecular weight is 415 g/mol. The molecule has 0 saturated carbocycles. The van der Waals surface area contributed by atoms with Crippen LogP contribution in [0.15, 0.2) is 48.7 Å². The summed E-state index contributed by atoms with van der Waals surface area (Å²) in [5, 5.41) is 11.2. The first-order valence-electron chi connectivity index (χ1n) is 10.7. The highest BCUT2D eigenvalue weighted by Crippen LogP contribution is 2.22. The zero-order valence-corrected chi connectivity index (χ0v) is 17.7. The maximum atomic E-state index is 10.4. The van der Waals surface area contributed by atoms with Crippen molar-refractivity contribution >= 4 is 17.3 Å². The maximum absolute atomic E-state index is 10.4. The van der Waals surface area contributed by atoms with E-state index in [2.05, 4.69) is 37.9 Å². The van der Waals surface area contributed by atoms with Crippen molar-refractivity contribution in [2.24, 2.45) is 5.92 Å². The van der Waals surface area contributed by atoms with Crippen molar-refractivity contribution in [1.82, 2.24) is 14.8 Å². The number of hydrogen-bond acceptors (Lipinski definition) is 5. The van der Waals surface area contributed by atoms with Crippen LogP contribution in [0, 0.1) is 5.92 Å². The van der Waals surface area contributed by atoms with Crippen LogP contribution in [-0.2, 0) is 6.42 Å². The summed E-state index contributed by atoms with van der Waals surface area (Å²) in [6, 6.07) is 14.2. The van der Waals surface area contributed by atoms with Gasteiger partial charge in [-0.2, -0.15) is 0 Å². The molecule has 2 fully saturated rings. The third-order valence-electron chi connectivity index (χ3n) is 6.17. The first kappa shape index (κ1) is 20.6. The zero-order chi connectivity index (χ0) is 20.1. The lowest BCUT2D eigenvalue weighted by Gasteiger charge is -2.36. The molecular weight excluding hydrogens is 384 g/mol. The van der Waals surface area contributed by atoms with Gasteiger partial charge in [0.25, 0.3) is 0 Å². The number of β-amino-alcohol motifs (C(OH)–C–C–N with tert-alkyl or cyclic N) is 1. The Morgan fingerprint density at radius 1 is 0.966 bits per heavy atom. The number of aliphatic hydroxyl groups excluding tert-OH is 1. The Balaban J connectivity index is 1.16. The van der Waals surface area contributed by atoms with Crippen molar-refractivity contribution < 1.29 is 5.11 Å². The van der Waals surface area contributed by atoms with Gasteiger partial charge in [-0.3, -0.25) is 9.88 Å². The minimum Gasteiger partial charge on any atom is -0.391 e. The highest BCUT2D eigenvalue weighted by atomic mass is 35.5. The van der Waals surface area contributed by atoms with Gasteiger partial charge in [-0.15, -0.1) is 0 Å². The predicted octanol–water partition coefficient (Wildman–Crippen LogP) is 2.78. The molecule has 2 aromatic rings. The molecule has 2 aliphatic heterocycles. The van der Waals surface area contributed by atoms with Gasteiger partial charge < -0.3 is 14.9 Å². The van der Waals surface area contributed by atoms with Gasteiger partial charge in [0.1, 0.15) is 0 Å². The number of rotatable bonds is 7. The van der Waals surface area contributed by atoms with E-state index in [9.17, 15) is 5.11 Å². The van der Waals surface area contributed by atoms with Crippen molar-refractivity contribution in [2.75, 3.05) is 57.3 Å². The Hall–Kier alpha value is -1.66. The Morgan fingerprint density at radius 2 is 1.79 bits per heavy atom. The molecule has 5 nitrogen and oxygen atoms in total. The second-order valence-electron chi connectivity index (χ2n) is 8.27. The molecule has 29 heavy (non-hydrogen) atoms. The van der Waals surface area contributed by atoms with E-state index < -0.39 is 0 Å². The number of halogens is 1. The third kappa shape index (κ3) is 5.70. The van der Waals surface area contributed by atoms with Crippen molar-refractivity contribution in [2.45, 2.75) is 18.9 Å². The van der Waals surface area contributed by atoms with Gasteiger partial charge in [0.05, 0.1) is 6.10 Å². The molecule has 156 valence electrons. The number of likely N-dealkylation sites (tertiary alicyclic amines) is 1. The minimum absolute atomic E-state index is 0.238. The summed E-state index contributed by atoms with van der Waals surface area (Å²) in [6.07, 6.45) is 3.61. The van der Waals surface area contributed by atoms with Crippen LogP contribution in [0.4, 0.5) is 5.69 Å². The highest BCUT2D eigenvalue weighted by molar-refractivity contribution is 6.30. The molecule has 1 aromatic heterocycles. The van der Waals surface area contributed by atoms with Crippen molar-refractivity contribution in [3.8, 4) is 0 Å². The smallest absolute Gasteiger partial charge is 0.0711 e. The Morgan fingerprint density at radius 3 is 2.55 bits per heavy atom. The van der Waals surface area contributed by atoms with Gasteiger partial charge in [0, 0.05) is 67.8 Å². The number of piperazine rings is 1. The summed E-state index contributed by atoms with van der Waals surface area (Å²) in [5.41, 5.74) is 2.30. The van der Waals surface area contributed by atoms with E-state index in [1.807, 2.05) is 30.5 Å². The van der Waals surface area contributed by atoms with E-state index >= 15 is 0 Å². The van der Waals surface area contributed by atoms with Crippen LogP contribution < -0.4 is 4.90 Å². The van der Waals surface area contributed by atoms with Crippen LogP contribution in [0.2, 0.25) is 5.02 Å². The summed E-state index contributed by atoms with van der Waals surface area (Å²) >= 11 is 6.13. The minimum atomic E-state index is -0.238. The molecule has 6 heteroatoms. The normalized spacial score (nSPS) is 23.6. The van der Waals surface area contributed by atoms with E-state index in [0.29, 0.717) is 5.92 Å². The second kappa shape index (κ2) is 9.90. The van der Waals surface area contributed by atoms with Crippen LogP contribution >= 0.6 is 11.6 Å². The number of anilines is 1. The molecule has 0 unspecified atom stereocenters. The molecule has 0 aliphatic carbocycles. The van der Waals surface area contributed by atoms with E-state index in [1.54, 1.807) is 0 Å². The number of hydrogen-bond donors (Lipinski definition) is 1. The van der Waals surface area contributed by atoms with Gasteiger partial charge in [0.2, 0.25) is 0 Å². The predicted molar refractivity (Wildman–Crippen MR) is 119 cm³/mol. The van der Waals surface area contributed by atoms with Crippen molar-refractivity contribution in [3.63, 3.8) is 0 Å². The van der Waals surface area contributed by atoms with E-state index in [0.717, 1.165) is 75.9 Å². The van der Waals surface area contributed by atoms with Gasteiger partial charge >= 0.3 is 0 Å². The van der Waals surface area contributed by atoms with Crippen LogP contribution in [0.25, 0.3) is 0 Å². The maximum Gasteiger partial charge on any atom is 0.0711 e. The molecule has 0 amide bonds. The number of benzene rings is 1. The molecule has 3 heterocycles. The number of aromatic nitrogens is 1. The van der Waals surface area contributed by atoms with Crippen molar-refractivity contribution in [3.05, 3.63) is 59.4 Å². The van der Waals surface area contributed by atoms with Crippen LogP contribution in [0.3, 0.4) is 0 Å². The summed E-state index contributed by atoms with van der Waals surface area (Å²) in [5.74, 6) is 0.297. The SMILES string of the molecule is O[C@@H]1CN(CCCN2CCN(c3cccc(Cl)c3)CC2)C[C@H]1Cc1ccccn1. The van der Waals surface area contributed by atoms with Crippen LogP contribution in [0.5, 0.6) is 0 Å². The topological polar surface area (TPSA) is 42.8 Å². The molecule has 0 bridgehead atoms. The zero-order valence-electron chi connectivity index (χ0n) is 17.0. The molecule has 2 aliphatic rings. The Labute approximate surface area is 178 Å². The summed E-state index contributed by atoms with van der Waals surface area (Å²) < 4.78 is 0. The third-order valence-corrected chi connectivity index (χ3v) is 6.41. The fourth-order valence-corrected chi connectivity index (χ4v) is 4.72. The van der Waals surface area contributed by atoms with Crippen molar-refractivity contribution in [1.29, 1.82) is 0 Å². The van der Waals surface area contributed by atoms with Crippen LogP contribution in [0.1, 0.15) is 12.1 Å². The van der Waals surface area contributed by atoms with Gasteiger partial charge in [-0.1, -0.05) is 23.7 Å². The fraction of sp³-hybridized carbons (Fsp3) is 0.522. The fourth-order valence-electron chi connectivity index (χ4n) is 4.53. The molecule has 1 aromatic carbocycles. The molecule has 1 N–H and O–H groups in total. The molecule has 0 radical (unpaired) electrons. The quantitative estimate of drug-likeness (QED) is 0.754.